The number of nitriles is 1. The average molecular weight is 414 g/mol. The normalized spacial score (nSPS) is 10.4. The molecule has 2 aromatic carbocycles. The summed E-state index contributed by atoms with van der Waals surface area (Å²) in [6.45, 7) is 4.84. The van der Waals surface area contributed by atoms with Gasteiger partial charge in [0.05, 0.1) is 22.8 Å². The molecule has 0 spiro atoms. The Bertz CT molecular complexity index is 858. The quantitative estimate of drug-likeness (QED) is 0.232. The lowest BCUT2D eigenvalue weighted by atomic mass is 10.1. The third-order valence-electron chi connectivity index (χ3n) is 4.61. The number of aryl methyl sites for hydroxylation is 1. The van der Waals surface area contributed by atoms with Crippen molar-refractivity contribution in [3.63, 3.8) is 0 Å². The first kappa shape index (κ1) is 22.8. The Labute approximate surface area is 178 Å². The standard InChI is InChI=1S/C24H28ClNO3/c1-3-5-7-8-14-28-22-13-11-19(16-20(22)17-26)24(27)29-23-12-10-18(9-6-4-2)15-21(23)25/h10-13,15-16H,3-9,14H2,1-2H3. The average Bonchev–Trinajstić information content (AvgIpc) is 2.73. The van der Waals surface area contributed by atoms with Crippen LogP contribution in [0.25, 0.3) is 0 Å². The van der Waals surface area contributed by atoms with E-state index < -0.39 is 5.97 Å². The van der Waals surface area contributed by atoms with Gasteiger partial charge in [-0.05, 0) is 55.2 Å². The number of unbranched alkanes of at least 4 members (excludes halogenated alkanes) is 4. The first-order valence-electron chi connectivity index (χ1n) is 10.3. The lowest BCUT2D eigenvalue weighted by Crippen LogP contribution is -2.10. The number of nitrogens with zero attached hydrogens (tertiary/aromatic N) is 1. The Balaban J connectivity index is 2.02. The molecule has 0 fully saturated rings. The molecular weight excluding hydrogens is 386 g/mol. The number of halogens is 1. The molecule has 0 unspecified atom stereocenters. The van der Waals surface area contributed by atoms with Gasteiger partial charge in [-0.2, -0.15) is 5.26 Å². The molecule has 0 aromatic heterocycles. The minimum atomic E-state index is -0.556. The third-order valence-corrected chi connectivity index (χ3v) is 4.90. The van der Waals surface area contributed by atoms with Crippen molar-refractivity contribution in [2.45, 2.75) is 58.8 Å². The van der Waals surface area contributed by atoms with Crippen LogP contribution in [0.4, 0.5) is 0 Å². The molecule has 0 heterocycles. The Morgan fingerprint density at radius 1 is 1.00 bits per heavy atom. The van der Waals surface area contributed by atoms with Crippen LogP contribution in [0.15, 0.2) is 36.4 Å². The zero-order valence-corrected chi connectivity index (χ0v) is 17.9. The van der Waals surface area contributed by atoms with Crippen molar-refractivity contribution in [3.8, 4) is 17.6 Å². The molecule has 0 aliphatic carbocycles. The van der Waals surface area contributed by atoms with Crippen LogP contribution in [-0.4, -0.2) is 12.6 Å². The minimum Gasteiger partial charge on any atom is -0.492 e. The second-order valence-corrected chi connectivity index (χ2v) is 7.40. The van der Waals surface area contributed by atoms with Crippen molar-refractivity contribution in [1.82, 2.24) is 0 Å². The second kappa shape index (κ2) is 12.1. The number of esters is 1. The molecule has 0 bridgehead atoms. The maximum atomic E-state index is 12.5. The highest BCUT2D eigenvalue weighted by atomic mass is 35.5. The number of carbonyl (C=O) groups is 1. The van der Waals surface area contributed by atoms with Crippen LogP contribution in [0.1, 0.15) is 73.9 Å². The summed E-state index contributed by atoms with van der Waals surface area (Å²) in [7, 11) is 0. The molecule has 2 aromatic rings. The van der Waals surface area contributed by atoms with E-state index in [2.05, 4.69) is 19.9 Å². The summed E-state index contributed by atoms with van der Waals surface area (Å²) in [5.41, 5.74) is 1.71. The Hall–Kier alpha value is -2.51. The van der Waals surface area contributed by atoms with Crippen molar-refractivity contribution in [3.05, 3.63) is 58.1 Å². The summed E-state index contributed by atoms with van der Waals surface area (Å²) in [6, 6.07) is 12.3. The first-order valence-corrected chi connectivity index (χ1v) is 10.6. The summed E-state index contributed by atoms with van der Waals surface area (Å²) < 4.78 is 11.1. The molecule has 0 saturated carbocycles. The zero-order valence-electron chi connectivity index (χ0n) is 17.2. The lowest BCUT2D eigenvalue weighted by Gasteiger charge is -2.10. The fourth-order valence-corrected chi connectivity index (χ4v) is 3.15. The van der Waals surface area contributed by atoms with Gasteiger partial charge < -0.3 is 9.47 Å². The van der Waals surface area contributed by atoms with Gasteiger partial charge in [-0.3, -0.25) is 0 Å². The molecule has 4 nitrogen and oxygen atoms in total. The predicted molar refractivity (Wildman–Crippen MR) is 116 cm³/mol. The highest BCUT2D eigenvalue weighted by Gasteiger charge is 2.14. The van der Waals surface area contributed by atoms with Crippen LogP contribution in [0.5, 0.6) is 11.5 Å². The van der Waals surface area contributed by atoms with E-state index in [4.69, 9.17) is 21.1 Å². The predicted octanol–water partition coefficient (Wildman–Crippen LogP) is 6.73. The summed E-state index contributed by atoms with van der Waals surface area (Å²) in [5.74, 6) is 0.240. The molecule has 2 rings (SSSR count). The molecule has 0 aliphatic heterocycles. The van der Waals surface area contributed by atoms with Crippen LogP contribution in [0.2, 0.25) is 5.02 Å². The number of hydrogen-bond acceptors (Lipinski definition) is 4. The summed E-state index contributed by atoms with van der Waals surface area (Å²) in [5, 5.41) is 9.80. The van der Waals surface area contributed by atoms with Gasteiger partial charge in [0.1, 0.15) is 17.6 Å². The van der Waals surface area contributed by atoms with Gasteiger partial charge in [-0.25, -0.2) is 4.79 Å². The monoisotopic (exact) mass is 413 g/mol. The topological polar surface area (TPSA) is 59.3 Å². The van der Waals surface area contributed by atoms with Gasteiger partial charge in [0.25, 0.3) is 0 Å². The third kappa shape index (κ3) is 7.11. The Kier molecular flexibility index (Phi) is 9.53. The fraction of sp³-hybridized carbons (Fsp3) is 0.417. The molecule has 0 saturated heterocycles. The highest BCUT2D eigenvalue weighted by molar-refractivity contribution is 6.32. The van der Waals surface area contributed by atoms with Crippen molar-refractivity contribution in [1.29, 1.82) is 5.26 Å². The van der Waals surface area contributed by atoms with Gasteiger partial charge >= 0.3 is 5.97 Å². The van der Waals surface area contributed by atoms with E-state index in [0.29, 0.717) is 28.7 Å². The summed E-state index contributed by atoms with van der Waals surface area (Å²) in [4.78, 5) is 12.5. The van der Waals surface area contributed by atoms with E-state index in [9.17, 15) is 10.1 Å². The SMILES string of the molecule is CCCCCCOc1ccc(C(=O)Oc2ccc(CCCC)cc2Cl)cc1C#N. The molecule has 0 amide bonds. The Morgan fingerprint density at radius 2 is 1.76 bits per heavy atom. The van der Waals surface area contributed by atoms with Crippen molar-refractivity contribution in [2.75, 3.05) is 6.61 Å². The molecule has 0 radical (unpaired) electrons. The summed E-state index contributed by atoms with van der Waals surface area (Å²) >= 11 is 6.27. The van der Waals surface area contributed by atoms with Gasteiger partial charge in [-0.15, -0.1) is 0 Å². The van der Waals surface area contributed by atoms with Crippen molar-refractivity contribution in [2.24, 2.45) is 0 Å². The van der Waals surface area contributed by atoms with Crippen LogP contribution in [-0.2, 0) is 6.42 Å². The van der Waals surface area contributed by atoms with E-state index in [1.165, 1.54) is 12.5 Å². The van der Waals surface area contributed by atoms with Gasteiger partial charge in [0.2, 0.25) is 0 Å². The van der Waals surface area contributed by atoms with Crippen molar-refractivity contribution >= 4 is 17.6 Å². The molecule has 0 N–H and O–H groups in total. The number of benzene rings is 2. The van der Waals surface area contributed by atoms with Gasteiger partial charge in [-0.1, -0.05) is 57.2 Å². The largest absolute Gasteiger partial charge is 0.492 e. The second-order valence-electron chi connectivity index (χ2n) is 6.99. The highest BCUT2D eigenvalue weighted by Crippen LogP contribution is 2.28. The molecule has 154 valence electrons. The number of hydrogen-bond donors (Lipinski definition) is 0. The maximum absolute atomic E-state index is 12.5. The molecule has 29 heavy (non-hydrogen) atoms. The molecule has 0 aliphatic rings. The lowest BCUT2D eigenvalue weighted by molar-refractivity contribution is 0.0734. The van der Waals surface area contributed by atoms with E-state index in [1.54, 1.807) is 18.2 Å². The maximum Gasteiger partial charge on any atom is 0.343 e. The molecule has 0 atom stereocenters. The van der Waals surface area contributed by atoms with E-state index >= 15 is 0 Å². The molecular formula is C24H28ClNO3. The smallest absolute Gasteiger partial charge is 0.343 e. The fourth-order valence-electron chi connectivity index (χ4n) is 2.90. The first-order chi connectivity index (χ1) is 14.1. The van der Waals surface area contributed by atoms with Gasteiger partial charge in [0, 0.05) is 0 Å². The zero-order chi connectivity index (χ0) is 21.1. The van der Waals surface area contributed by atoms with Crippen LogP contribution < -0.4 is 9.47 Å². The Morgan fingerprint density at radius 3 is 2.45 bits per heavy atom. The van der Waals surface area contributed by atoms with E-state index in [1.807, 2.05) is 12.1 Å². The number of carbonyl (C=O) groups excluding carboxylic acids is 1. The summed E-state index contributed by atoms with van der Waals surface area (Å²) in [6.07, 6.45) is 7.49. The van der Waals surface area contributed by atoms with Gasteiger partial charge in [0.15, 0.2) is 0 Å². The van der Waals surface area contributed by atoms with E-state index in [-0.39, 0.29) is 5.56 Å². The van der Waals surface area contributed by atoms with Crippen molar-refractivity contribution < 1.29 is 14.3 Å². The number of rotatable bonds is 11. The van der Waals surface area contributed by atoms with Crippen LogP contribution >= 0.6 is 11.6 Å². The van der Waals surface area contributed by atoms with Crippen LogP contribution in [0.3, 0.4) is 0 Å². The molecule has 5 heteroatoms. The number of ether oxygens (including phenoxy) is 2. The van der Waals surface area contributed by atoms with E-state index in [0.717, 1.165) is 44.1 Å². The van der Waals surface area contributed by atoms with Crippen LogP contribution in [0, 0.1) is 11.3 Å². The minimum absolute atomic E-state index is 0.283.